The summed E-state index contributed by atoms with van der Waals surface area (Å²) in [4.78, 5) is 2.85. The lowest BCUT2D eigenvalue weighted by atomic mass is 10.1. The highest BCUT2D eigenvalue weighted by atomic mass is 19.2. The van der Waals surface area contributed by atoms with Gasteiger partial charge >= 0.3 is 0 Å². The first-order valence-corrected chi connectivity index (χ1v) is 6.70. The van der Waals surface area contributed by atoms with Crippen LogP contribution in [0, 0.1) is 35.0 Å². The van der Waals surface area contributed by atoms with E-state index >= 15 is 0 Å². The van der Waals surface area contributed by atoms with E-state index in [9.17, 15) is 26.3 Å². The largest absolute Gasteiger partial charge is 0.378 e. The molecule has 0 aliphatic rings. The van der Waals surface area contributed by atoms with Crippen LogP contribution < -0.4 is 5.32 Å². The fourth-order valence-corrected chi connectivity index (χ4v) is 2.27. The predicted octanol–water partition coefficient (Wildman–Crippen LogP) is 4.68. The van der Waals surface area contributed by atoms with Crippen molar-refractivity contribution in [2.24, 2.45) is 0 Å². The summed E-state index contributed by atoms with van der Waals surface area (Å²) in [5.74, 6) is -11.4. The van der Waals surface area contributed by atoms with Crippen LogP contribution in [0.1, 0.15) is 5.56 Å². The second-order valence-electron chi connectivity index (χ2n) is 4.91. The maximum atomic E-state index is 14.0. The normalized spacial score (nSPS) is 11.1. The van der Waals surface area contributed by atoms with Crippen molar-refractivity contribution in [3.8, 4) is 0 Å². The average molecular weight is 342 g/mol. The van der Waals surface area contributed by atoms with Gasteiger partial charge in [-0.05, 0) is 5.56 Å². The van der Waals surface area contributed by atoms with E-state index < -0.39 is 51.6 Å². The molecule has 0 aliphatic carbocycles. The molecule has 0 spiro atoms. The van der Waals surface area contributed by atoms with Crippen molar-refractivity contribution < 1.29 is 26.3 Å². The molecule has 124 valence electrons. The fourth-order valence-electron chi connectivity index (χ4n) is 2.27. The molecule has 3 aromatic rings. The Labute approximate surface area is 131 Å². The number of hydrogen-bond acceptors (Lipinski definition) is 2. The molecule has 2 nitrogen and oxygen atoms in total. The molecule has 0 amide bonds. The van der Waals surface area contributed by atoms with Crippen LogP contribution >= 0.6 is 0 Å². The molecule has 0 bridgehead atoms. The molecule has 0 atom stereocenters. The molecule has 1 N–H and O–H groups in total. The Morgan fingerprint density at radius 2 is 1.38 bits per heavy atom. The van der Waals surface area contributed by atoms with Crippen LogP contribution in [-0.2, 0) is 6.54 Å². The van der Waals surface area contributed by atoms with Crippen molar-refractivity contribution in [1.82, 2.24) is 4.98 Å². The minimum absolute atomic E-state index is 0.0869. The van der Waals surface area contributed by atoms with Gasteiger partial charge in [-0.25, -0.2) is 22.5 Å². The molecule has 2 aromatic carbocycles. The Morgan fingerprint density at radius 3 is 2.04 bits per heavy atom. The molecular formula is C16H8F6N2. The molecule has 0 aliphatic heterocycles. The van der Waals surface area contributed by atoms with Crippen molar-refractivity contribution in [2.75, 3.05) is 5.32 Å². The fraction of sp³-hybridized carbons (Fsp3) is 0.0625. The number of rotatable bonds is 3. The zero-order valence-electron chi connectivity index (χ0n) is 11.8. The second kappa shape index (κ2) is 6.03. The minimum atomic E-state index is -2.15. The molecule has 0 saturated heterocycles. The molecule has 0 fully saturated rings. The highest BCUT2D eigenvalue weighted by molar-refractivity contribution is 5.92. The van der Waals surface area contributed by atoms with Crippen LogP contribution in [0.4, 0.5) is 32.0 Å². The first-order valence-electron chi connectivity index (χ1n) is 6.70. The minimum Gasteiger partial charge on any atom is -0.378 e. The van der Waals surface area contributed by atoms with Gasteiger partial charge in [0.2, 0.25) is 5.82 Å². The third kappa shape index (κ3) is 2.53. The Hall–Kier alpha value is -2.77. The standard InChI is InChI=1S/C16H8F6N2/c17-9-8-14(23-6-7-4-2-1-3-5-7)13(21)16(22)24-15(8)12(20)11(19)10(9)18/h1-5H,6H2,(H,23,24). The number of fused-ring (bicyclic) bond motifs is 1. The molecule has 0 saturated carbocycles. The predicted molar refractivity (Wildman–Crippen MR) is 75.3 cm³/mol. The molecule has 1 aromatic heterocycles. The van der Waals surface area contributed by atoms with Gasteiger partial charge in [0.1, 0.15) is 5.52 Å². The first-order chi connectivity index (χ1) is 11.4. The van der Waals surface area contributed by atoms with Gasteiger partial charge in [-0.15, -0.1) is 0 Å². The molecule has 3 rings (SSSR count). The first kappa shape index (κ1) is 16.1. The van der Waals surface area contributed by atoms with Crippen LogP contribution in [0.2, 0.25) is 0 Å². The summed E-state index contributed by atoms with van der Waals surface area (Å²) in [6.45, 7) is -0.0869. The summed E-state index contributed by atoms with van der Waals surface area (Å²) >= 11 is 0. The number of aromatic nitrogens is 1. The zero-order valence-corrected chi connectivity index (χ0v) is 11.8. The van der Waals surface area contributed by atoms with Gasteiger partial charge < -0.3 is 5.32 Å². The number of halogens is 6. The molecular weight excluding hydrogens is 334 g/mol. The van der Waals surface area contributed by atoms with Crippen LogP contribution in [-0.4, -0.2) is 4.98 Å². The Balaban J connectivity index is 2.20. The van der Waals surface area contributed by atoms with E-state index in [1.165, 1.54) is 0 Å². The van der Waals surface area contributed by atoms with Crippen molar-refractivity contribution >= 4 is 16.6 Å². The summed E-state index contributed by atoms with van der Waals surface area (Å²) in [6.07, 6.45) is 0. The third-order valence-electron chi connectivity index (χ3n) is 3.42. The van der Waals surface area contributed by atoms with E-state index in [4.69, 9.17) is 0 Å². The number of pyridine rings is 1. The Bertz CT molecular complexity index is 927. The molecule has 0 radical (unpaired) electrons. The van der Waals surface area contributed by atoms with Crippen LogP contribution in [0.15, 0.2) is 30.3 Å². The number of hydrogen-bond donors (Lipinski definition) is 1. The van der Waals surface area contributed by atoms with E-state index in [1.54, 1.807) is 30.3 Å². The lowest BCUT2D eigenvalue weighted by Crippen LogP contribution is -2.09. The molecule has 0 unspecified atom stereocenters. The second-order valence-corrected chi connectivity index (χ2v) is 4.91. The average Bonchev–Trinajstić information content (AvgIpc) is 2.59. The summed E-state index contributed by atoms with van der Waals surface area (Å²) in [5.41, 5.74) is -1.36. The number of benzene rings is 2. The number of anilines is 1. The van der Waals surface area contributed by atoms with Crippen LogP contribution in [0.25, 0.3) is 10.9 Å². The topological polar surface area (TPSA) is 24.9 Å². The van der Waals surface area contributed by atoms with Gasteiger partial charge in [-0.3, -0.25) is 0 Å². The van der Waals surface area contributed by atoms with Crippen molar-refractivity contribution in [3.63, 3.8) is 0 Å². The highest BCUT2D eigenvalue weighted by Gasteiger charge is 2.27. The number of nitrogens with zero attached hydrogens (tertiary/aromatic N) is 1. The summed E-state index contributed by atoms with van der Waals surface area (Å²) in [6, 6.07) is 8.35. The zero-order chi connectivity index (χ0) is 17.4. The lowest BCUT2D eigenvalue weighted by molar-refractivity contribution is 0.414. The summed E-state index contributed by atoms with van der Waals surface area (Å²) in [5, 5.41) is 1.38. The molecule has 24 heavy (non-hydrogen) atoms. The third-order valence-corrected chi connectivity index (χ3v) is 3.42. The van der Waals surface area contributed by atoms with Gasteiger partial charge in [0.15, 0.2) is 23.3 Å². The van der Waals surface area contributed by atoms with Crippen molar-refractivity contribution in [3.05, 3.63) is 70.9 Å². The van der Waals surface area contributed by atoms with Gasteiger partial charge in [-0.2, -0.15) is 8.78 Å². The SMILES string of the molecule is Fc1nc2c(F)c(F)c(F)c(F)c2c(NCc2ccccc2)c1F. The van der Waals surface area contributed by atoms with E-state index in [1.807, 2.05) is 0 Å². The van der Waals surface area contributed by atoms with Gasteiger partial charge in [0, 0.05) is 6.54 Å². The monoisotopic (exact) mass is 342 g/mol. The number of nitrogens with one attached hydrogen (secondary N) is 1. The lowest BCUT2D eigenvalue weighted by Gasteiger charge is -2.13. The maximum Gasteiger partial charge on any atom is 0.251 e. The van der Waals surface area contributed by atoms with Crippen molar-refractivity contribution in [2.45, 2.75) is 6.54 Å². The van der Waals surface area contributed by atoms with Crippen molar-refractivity contribution in [1.29, 1.82) is 0 Å². The van der Waals surface area contributed by atoms with E-state index in [0.29, 0.717) is 5.56 Å². The molecule has 8 heteroatoms. The van der Waals surface area contributed by atoms with Crippen LogP contribution in [0.3, 0.4) is 0 Å². The van der Waals surface area contributed by atoms with Gasteiger partial charge in [0.05, 0.1) is 11.1 Å². The van der Waals surface area contributed by atoms with E-state index in [0.717, 1.165) is 0 Å². The highest BCUT2D eigenvalue weighted by Crippen LogP contribution is 2.33. The Morgan fingerprint density at radius 1 is 0.750 bits per heavy atom. The van der Waals surface area contributed by atoms with Gasteiger partial charge in [0.25, 0.3) is 5.95 Å². The maximum absolute atomic E-state index is 14.0. The van der Waals surface area contributed by atoms with E-state index in [2.05, 4.69) is 10.3 Å². The van der Waals surface area contributed by atoms with E-state index in [-0.39, 0.29) is 6.54 Å². The summed E-state index contributed by atoms with van der Waals surface area (Å²) < 4.78 is 81.9. The van der Waals surface area contributed by atoms with Gasteiger partial charge in [-0.1, -0.05) is 30.3 Å². The quantitative estimate of drug-likeness (QED) is 0.323. The van der Waals surface area contributed by atoms with Crippen LogP contribution in [0.5, 0.6) is 0 Å². The summed E-state index contributed by atoms with van der Waals surface area (Å²) in [7, 11) is 0. The Kier molecular flexibility index (Phi) is 4.04. The smallest absolute Gasteiger partial charge is 0.251 e. The molecule has 1 heterocycles.